The molecule has 0 aliphatic rings. The van der Waals surface area contributed by atoms with E-state index in [2.05, 4.69) is 5.32 Å². The number of rotatable bonds is 5. The third kappa shape index (κ3) is 7.22. The highest BCUT2D eigenvalue weighted by Crippen LogP contribution is 2.05. The van der Waals surface area contributed by atoms with Gasteiger partial charge in [0.2, 0.25) is 15.9 Å². The van der Waals surface area contributed by atoms with Crippen LogP contribution >= 0.6 is 0 Å². The number of amides is 2. The maximum atomic E-state index is 11.5. The Morgan fingerprint density at radius 2 is 1.75 bits per heavy atom. The van der Waals surface area contributed by atoms with Crippen LogP contribution in [0.1, 0.15) is 27.2 Å². The summed E-state index contributed by atoms with van der Waals surface area (Å²) < 4.78 is 23.6. The predicted octanol–water partition coefficient (Wildman–Crippen LogP) is -0.387. The molecule has 7 heteroatoms. The van der Waals surface area contributed by atoms with Crippen molar-refractivity contribution in [2.75, 3.05) is 6.26 Å². The van der Waals surface area contributed by atoms with Gasteiger partial charge in [0.1, 0.15) is 6.04 Å². The number of carbonyl (C=O) groups excluding carboxylic acids is 2. The topological polar surface area (TPSA) is 92.3 Å². The minimum atomic E-state index is -3.59. The first-order chi connectivity index (χ1) is 7.11. The molecule has 0 aromatic rings. The van der Waals surface area contributed by atoms with Crippen molar-refractivity contribution in [3.8, 4) is 0 Å². The number of carbonyl (C=O) groups is 2. The third-order valence-electron chi connectivity index (χ3n) is 1.69. The summed E-state index contributed by atoms with van der Waals surface area (Å²) >= 11 is 0. The Bertz CT molecular complexity index is 362. The molecule has 0 heterocycles. The van der Waals surface area contributed by atoms with Gasteiger partial charge in [-0.3, -0.25) is 14.3 Å². The fourth-order valence-electron chi connectivity index (χ4n) is 1.20. The summed E-state index contributed by atoms with van der Waals surface area (Å²) in [5, 5.41) is 2.42. The molecule has 2 amide bonds. The highest BCUT2D eigenvalue weighted by Gasteiger charge is 2.22. The van der Waals surface area contributed by atoms with E-state index in [1.807, 2.05) is 18.6 Å². The third-order valence-corrected chi connectivity index (χ3v) is 2.26. The van der Waals surface area contributed by atoms with Gasteiger partial charge in [0.25, 0.3) is 5.91 Å². The second-order valence-electron chi connectivity index (χ2n) is 4.12. The lowest BCUT2D eigenvalue weighted by Gasteiger charge is -2.18. The lowest BCUT2D eigenvalue weighted by Crippen LogP contribution is -2.48. The molecule has 0 radical (unpaired) electrons. The Labute approximate surface area is 95.8 Å². The first-order valence-electron chi connectivity index (χ1n) is 4.90. The fraction of sp³-hybridized carbons (Fsp3) is 0.778. The fourth-order valence-corrected chi connectivity index (χ4v) is 1.71. The van der Waals surface area contributed by atoms with Gasteiger partial charge in [-0.2, -0.15) is 0 Å². The van der Waals surface area contributed by atoms with Gasteiger partial charge in [-0.25, -0.2) is 8.42 Å². The summed E-state index contributed by atoms with van der Waals surface area (Å²) in [4.78, 5) is 22.4. The van der Waals surface area contributed by atoms with Crippen LogP contribution in [0, 0.1) is 5.92 Å². The molecule has 2 N–H and O–H groups in total. The Kier molecular flexibility index (Phi) is 5.43. The van der Waals surface area contributed by atoms with Crippen LogP contribution in [0.2, 0.25) is 0 Å². The van der Waals surface area contributed by atoms with Crippen LogP contribution in [0.3, 0.4) is 0 Å². The van der Waals surface area contributed by atoms with Gasteiger partial charge >= 0.3 is 0 Å². The first kappa shape index (κ1) is 14.9. The van der Waals surface area contributed by atoms with Crippen molar-refractivity contribution in [1.82, 2.24) is 10.0 Å². The molecule has 0 saturated heterocycles. The molecule has 1 unspecified atom stereocenters. The van der Waals surface area contributed by atoms with Crippen LogP contribution in [0.4, 0.5) is 0 Å². The maximum Gasteiger partial charge on any atom is 0.255 e. The molecule has 0 aromatic carbocycles. The molecule has 0 saturated carbocycles. The van der Waals surface area contributed by atoms with E-state index in [-0.39, 0.29) is 11.8 Å². The molecule has 0 aromatic heterocycles. The van der Waals surface area contributed by atoms with Crippen LogP contribution in [0.25, 0.3) is 0 Å². The summed E-state index contributed by atoms with van der Waals surface area (Å²) in [5.41, 5.74) is 0. The van der Waals surface area contributed by atoms with E-state index < -0.39 is 22.0 Å². The lowest BCUT2D eigenvalue weighted by molar-refractivity contribution is -0.127. The van der Waals surface area contributed by atoms with E-state index >= 15 is 0 Å². The van der Waals surface area contributed by atoms with E-state index in [0.717, 1.165) is 6.26 Å². The molecule has 16 heavy (non-hydrogen) atoms. The molecule has 0 fully saturated rings. The Hall–Kier alpha value is -1.11. The van der Waals surface area contributed by atoms with E-state index in [9.17, 15) is 18.0 Å². The van der Waals surface area contributed by atoms with Gasteiger partial charge in [0.05, 0.1) is 6.26 Å². The number of hydrogen-bond acceptors (Lipinski definition) is 4. The summed E-state index contributed by atoms with van der Waals surface area (Å²) in [7, 11) is -3.59. The average molecular weight is 250 g/mol. The summed E-state index contributed by atoms with van der Waals surface area (Å²) in [6, 6.07) is -0.813. The zero-order valence-electron chi connectivity index (χ0n) is 9.90. The van der Waals surface area contributed by atoms with E-state index in [4.69, 9.17) is 0 Å². The van der Waals surface area contributed by atoms with Gasteiger partial charge in [-0.1, -0.05) is 13.8 Å². The van der Waals surface area contributed by atoms with E-state index in [1.165, 1.54) is 6.92 Å². The van der Waals surface area contributed by atoms with Gasteiger partial charge in [0, 0.05) is 6.92 Å². The van der Waals surface area contributed by atoms with Crippen molar-refractivity contribution in [2.45, 2.75) is 33.2 Å². The average Bonchev–Trinajstić information content (AvgIpc) is 1.97. The SMILES string of the molecule is CC(=O)NC(CC(C)C)C(=O)NS(C)(=O)=O. The van der Waals surface area contributed by atoms with Crippen molar-refractivity contribution in [2.24, 2.45) is 5.92 Å². The monoisotopic (exact) mass is 250 g/mol. The van der Waals surface area contributed by atoms with Crippen molar-refractivity contribution >= 4 is 21.8 Å². The molecule has 0 aliphatic heterocycles. The largest absolute Gasteiger partial charge is 0.345 e. The molecule has 0 rings (SSSR count). The van der Waals surface area contributed by atoms with Gasteiger partial charge in [-0.15, -0.1) is 0 Å². The van der Waals surface area contributed by atoms with Gasteiger partial charge in [0.15, 0.2) is 0 Å². The van der Waals surface area contributed by atoms with E-state index in [1.54, 1.807) is 0 Å². The van der Waals surface area contributed by atoms with Gasteiger partial charge in [-0.05, 0) is 12.3 Å². The minimum Gasteiger partial charge on any atom is -0.345 e. The Balaban J connectivity index is 4.62. The Morgan fingerprint density at radius 3 is 2.06 bits per heavy atom. The molecule has 94 valence electrons. The quantitative estimate of drug-likeness (QED) is 0.695. The summed E-state index contributed by atoms with van der Waals surface area (Å²) in [6.07, 6.45) is 1.28. The predicted molar refractivity (Wildman–Crippen MR) is 60.0 cm³/mol. The number of sulfonamides is 1. The molecule has 1 atom stereocenters. The number of hydrogen-bond donors (Lipinski definition) is 2. The molecule has 6 nitrogen and oxygen atoms in total. The van der Waals surface area contributed by atoms with Crippen LogP contribution < -0.4 is 10.0 Å². The highest BCUT2D eigenvalue weighted by molar-refractivity contribution is 7.89. The molecular formula is C9H18N2O4S. The zero-order chi connectivity index (χ0) is 12.9. The normalized spacial score (nSPS) is 13.3. The summed E-state index contributed by atoms with van der Waals surface area (Å²) in [5.74, 6) is -0.900. The lowest BCUT2D eigenvalue weighted by atomic mass is 10.0. The highest BCUT2D eigenvalue weighted by atomic mass is 32.2. The minimum absolute atomic E-state index is 0.169. The standard InChI is InChI=1S/C9H18N2O4S/c1-6(2)5-8(10-7(3)12)9(13)11-16(4,14)15/h6,8H,5H2,1-4H3,(H,10,12)(H,11,13). The smallest absolute Gasteiger partial charge is 0.255 e. The van der Waals surface area contributed by atoms with Crippen LogP contribution in [0.5, 0.6) is 0 Å². The van der Waals surface area contributed by atoms with Crippen LogP contribution in [0.15, 0.2) is 0 Å². The van der Waals surface area contributed by atoms with Crippen LogP contribution in [-0.2, 0) is 19.6 Å². The van der Waals surface area contributed by atoms with E-state index in [0.29, 0.717) is 6.42 Å². The second kappa shape index (κ2) is 5.83. The van der Waals surface area contributed by atoms with Crippen molar-refractivity contribution in [3.63, 3.8) is 0 Å². The molecule has 0 bridgehead atoms. The van der Waals surface area contributed by atoms with Crippen LogP contribution in [-0.4, -0.2) is 32.5 Å². The zero-order valence-corrected chi connectivity index (χ0v) is 10.7. The Morgan fingerprint density at radius 1 is 1.25 bits per heavy atom. The van der Waals surface area contributed by atoms with Crippen molar-refractivity contribution < 1.29 is 18.0 Å². The van der Waals surface area contributed by atoms with Crippen molar-refractivity contribution in [1.29, 1.82) is 0 Å². The van der Waals surface area contributed by atoms with Gasteiger partial charge < -0.3 is 5.32 Å². The summed E-state index contributed by atoms with van der Waals surface area (Å²) in [6.45, 7) is 5.03. The molecular weight excluding hydrogens is 232 g/mol. The molecule has 0 spiro atoms. The first-order valence-corrected chi connectivity index (χ1v) is 6.79. The molecule has 0 aliphatic carbocycles. The van der Waals surface area contributed by atoms with Crippen molar-refractivity contribution in [3.05, 3.63) is 0 Å². The maximum absolute atomic E-state index is 11.5. The number of nitrogens with one attached hydrogen (secondary N) is 2. The second-order valence-corrected chi connectivity index (χ2v) is 5.87.